The predicted octanol–water partition coefficient (Wildman–Crippen LogP) is 0.238. The van der Waals surface area contributed by atoms with Crippen molar-refractivity contribution in [1.29, 1.82) is 0 Å². The molecule has 0 aliphatic carbocycles. The molecule has 4 nitrogen and oxygen atoms in total. The van der Waals surface area contributed by atoms with Crippen molar-refractivity contribution < 1.29 is 17.6 Å². The van der Waals surface area contributed by atoms with E-state index < -0.39 is 32.6 Å². The molecule has 0 amide bonds. The van der Waals surface area contributed by atoms with E-state index in [2.05, 4.69) is 4.99 Å². The molecule has 0 bridgehead atoms. The maximum absolute atomic E-state index is 13.5. The van der Waals surface area contributed by atoms with Gasteiger partial charge < -0.3 is 0 Å². The van der Waals surface area contributed by atoms with Gasteiger partial charge in [-0.15, -0.1) is 0 Å². The quantitative estimate of drug-likeness (QED) is 0.481. The topological polar surface area (TPSA) is 63.6 Å². The van der Waals surface area contributed by atoms with Crippen LogP contribution in [-0.2, 0) is 14.6 Å². The second-order valence-corrected chi connectivity index (χ2v) is 5.80. The van der Waals surface area contributed by atoms with E-state index in [9.17, 15) is 17.6 Å². The van der Waals surface area contributed by atoms with Gasteiger partial charge in [0.2, 0.25) is 6.08 Å². The normalized spacial score (nSPS) is 24.2. The van der Waals surface area contributed by atoms with Gasteiger partial charge in [-0.1, -0.05) is 0 Å². The summed E-state index contributed by atoms with van der Waals surface area (Å²) in [7, 11) is -3.21. The number of alkyl halides is 1. The molecule has 0 spiro atoms. The van der Waals surface area contributed by atoms with Gasteiger partial charge in [-0.25, -0.2) is 17.6 Å². The summed E-state index contributed by atoms with van der Waals surface area (Å²) in [5.41, 5.74) is -3.22. The first-order chi connectivity index (χ1) is 5.72. The number of nitrogens with zero attached hydrogens (tertiary/aromatic N) is 1. The molecule has 1 heterocycles. The molecule has 0 N–H and O–H groups in total. The number of aliphatic imine (C=N–C) groups is 1. The molecule has 1 aliphatic rings. The number of hydrogen-bond acceptors (Lipinski definition) is 4. The van der Waals surface area contributed by atoms with Gasteiger partial charge in [0.15, 0.2) is 9.84 Å². The average molecular weight is 207 g/mol. The van der Waals surface area contributed by atoms with E-state index in [-0.39, 0.29) is 0 Å². The third-order valence-electron chi connectivity index (χ3n) is 2.28. The number of halogens is 1. The molecule has 1 rings (SSSR count). The highest BCUT2D eigenvalue weighted by atomic mass is 32.2. The molecule has 0 saturated carbocycles. The maximum atomic E-state index is 13.5. The van der Waals surface area contributed by atoms with Crippen LogP contribution in [-0.4, -0.2) is 37.2 Å². The Balaban J connectivity index is 3.03. The summed E-state index contributed by atoms with van der Waals surface area (Å²) in [6.45, 7) is 2.42. The van der Waals surface area contributed by atoms with Crippen LogP contribution in [0.3, 0.4) is 0 Å². The van der Waals surface area contributed by atoms with Crippen molar-refractivity contribution in [3.8, 4) is 0 Å². The van der Waals surface area contributed by atoms with Crippen molar-refractivity contribution in [3.05, 3.63) is 0 Å². The molecule has 1 saturated heterocycles. The molecule has 0 radical (unpaired) electrons. The fourth-order valence-electron chi connectivity index (χ4n) is 1.31. The summed E-state index contributed by atoms with van der Waals surface area (Å²) in [4.78, 5) is 13.3. The van der Waals surface area contributed by atoms with E-state index in [1.54, 1.807) is 0 Å². The van der Waals surface area contributed by atoms with E-state index in [1.165, 1.54) is 19.9 Å². The molecule has 1 fully saturated rings. The fraction of sp³-hybridized carbons (Fsp3) is 0.857. The summed E-state index contributed by atoms with van der Waals surface area (Å²) in [5, 5.41) is 0. The fourth-order valence-corrected chi connectivity index (χ4v) is 3.50. The number of sulfone groups is 1. The molecule has 0 unspecified atom stereocenters. The van der Waals surface area contributed by atoms with Crippen molar-refractivity contribution in [2.75, 3.05) is 11.5 Å². The molecule has 0 aromatic carbocycles. The SMILES string of the molecule is CC(C)(F)C1(N=C=O)CS(=O)(=O)C1. The van der Waals surface area contributed by atoms with Gasteiger partial charge in [-0.3, -0.25) is 0 Å². The van der Waals surface area contributed by atoms with Gasteiger partial charge in [-0.05, 0) is 13.8 Å². The van der Waals surface area contributed by atoms with Crippen molar-refractivity contribution >= 4 is 15.9 Å². The minimum Gasteiger partial charge on any atom is -0.242 e. The summed E-state index contributed by atoms with van der Waals surface area (Å²) < 4.78 is 35.2. The minimum atomic E-state index is -3.21. The number of carbonyl (C=O) groups excluding carboxylic acids is 1. The van der Waals surface area contributed by atoms with Crippen LogP contribution in [0.1, 0.15) is 13.8 Å². The average Bonchev–Trinajstić information content (AvgIpc) is 1.80. The zero-order valence-corrected chi connectivity index (χ0v) is 8.19. The van der Waals surface area contributed by atoms with Crippen LogP contribution in [0.15, 0.2) is 4.99 Å². The van der Waals surface area contributed by atoms with E-state index in [4.69, 9.17) is 0 Å². The highest BCUT2D eigenvalue weighted by molar-refractivity contribution is 7.93. The second kappa shape index (κ2) is 2.62. The van der Waals surface area contributed by atoms with Crippen molar-refractivity contribution in [2.45, 2.75) is 25.1 Å². The third-order valence-corrected chi connectivity index (χ3v) is 4.12. The van der Waals surface area contributed by atoms with E-state index in [0.717, 1.165) is 0 Å². The van der Waals surface area contributed by atoms with Crippen LogP contribution in [0.2, 0.25) is 0 Å². The Kier molecular flexibility index (Phi) is 2.09. The highest BCUT2D eigenvalue weighted by Crippen LogP contribution is 2.39. The van der Waals surface area contributed by atoms with Crippen LogP contribution in [0.25, 0.3) is 0 Å². The van der Waals surface area contributed by atoms with Gasteiger partial charge in [0.1, 0.15) is 11.2 Å². The van der Waals surface area contributed by atoms with Crippen LogP contribution in [0, 0.1) is 0 Å². The Morgan fingerprint density at radius 2 is 1.92 bits per heavy atom. The monoisotopic (exact) mass is 207 g/mol. The Morgan fingerprint density at radius 1 is 1.46 bits per heavy atom. The highest BCUT2D eigenvalue weighted by Gasteiger charge is 2.59. The molecule has 13 heavy (non-hydrogen) atoms. The van der Waals surface area contributed by atoms with Gasteiger partial charge in [-0.2, -0.15) is 4.99 Å². The maximum Gasteiger partial charge on any atom is 0.235 e. The first-order valence-electron chi connectivity index (χ1n) is 3.71. The Hall–Kier alpha value is -0.740. The molecular formula is C7H10FNO3S. The molecule has 0 aromatic heterocycles. The van der Waals surface area contributed by atoms with E-state index in [0.29, 0.717) is 0 Å². The van der Waals surface area contributed by atoms with Crippen molar-refractivity contribution in [2.24, 2.45) is 4.99 Å². The van der Waals surface area contributed by atoms with E-state index in [1.807, 2.05) is 0 Å². The van der Waals surface area contributed by atoms with Crippen LogP contribution >= 0.6 is 0 Å². The lowest BCUT2D eigenvalue weighted by molar-refractivity contribution is 0.114. The number of hydrogen-bond donors (Lipinski definition) is 0. The van der Waals surface area contributed by atoms with Crippen molar-refractivity contribution in [1.82, 2.24) is 0 Å². The van der Waals surface area contributed by atoms with E-state index >= 15 is 0 Å². The summed E-state index contributed by atoms with van der Waals surface area (Å²) in [6, 6.07) is 0. The first-order valence-corrected chi connectivity index (χ1v) is 5.53. The largest absolute Gasteiger partial charge is 0.242 e. The van der Waals surface area contributed by atoms with Crippen LogP contribution in [0.4, 0.5) is 4.39 Å². The smallest absolute Gasteiger partial charge is 0.235 e. The lowest BCUT2D eigenvalue weighted by Crippen LogP contribution is -2.63. The lowest BCUT2D eigenvalue weighted by atomic mass is 9.87. The molecular weight excluding hydrogens is 197 g/mol. The lowest BCUT2D eigenvalue weighted by Gasteiger charge is -2.42. The van der Waals surface area contributed by atoms with Crippen LogP contribution < -0.4 is 0 Å². The van der Waals surface area contributed by atoms with Gasteiger partial charge >= 0.3 is 0 Å². The summed E-state index contributed by atoms with van der Waals surface area (Å²) in [6.07, 6.45) is 1.23. The summed E-state index contributed by atoms with van der Waals surface area (Å²) >= 11 is 0. The van der Waals surface area contributed by atoms with Gasteiger partial charge in [0, 0.05) is 0 Å². The molecule has 1 aliphatic heterocycles. The summed E-state index contributed by atoms with van der Waals surface area (Å²) in [5.74, 6) is -0.808. The predicted molar refractivity (Wildman–Crippen MR) is 44.7 cm³/mol. The molecule has 0 aromatic rings. The van der Waals surface area contributed by atoms with Gasteiger partial charge in [0.25, 0.3) is 0 Å². The molecule has 6 heteroatoms. The zero-order chi connectivity index (χ0) is 10.3. The Labute approximate surface area is 75.8 Å². The Morgan fingerprint density at radius 3 is 2.15 bits per heavy atom. The first kappa shape index (κ1) is 10.3. The molecule has 74 valence electrons. The Bertz CT molecular complexity index is 350. The minimum absolute atomic E-state index is 0.404. The van der Waals surface area contributed by atoms with Crippen molar-refractivity contribution in [3.63, 3.8) is 0 Å². The zero-order valence-electron chi connectivity index (χ0n) is 7.37. The standard InChI is InChI=1S/C7H10FNO3S/c1-6(2,8)7(9-5-10)3-13(11,12)4-7/h3-4H2,1-2H3. The van der Waals surface area contributed by atoms with Crippen LogP contribution in [0.5, 0.6) is 0 Å². The number of rotatable bonds is 2. The second-order valence-electron chi connectivity index (χ2n) is 3.74. The third kappa shape index (κ3) is 1.64. The van der Waals surface area contributed by atoms with Gasteiger partial charge in [0.05, 0.1) is 11.5 Å². The number of isocyanates is 1. The molecule has 0 atom stereocenters.